The molecular weight excluding hydrogens is 199 g/mol. The summed E-state index contributed by atoms with van der Waals surface area (Å²) in [6, 6.07) is 0. The lowest BCUT2D eigenvalue weighted by Crippen LogP contribution is -2.41. The van der Waals surface area contributed by atoms with Crippen LogP contribution in [0.5, 0.6) is 0 Å². The van der Waals surface area contributed by atoms with Crippen molar-refractivity contribution in [2.75, 3.05) is 0 Å². The highest BCUT2D eigenvalue weighted by atomic mass is 16.7. The first-order valence-corrected chi connectivity index (χ1v) is 6.38. The largest absolute Gasteiger partial charge is 0.490 e. The molecule has 0 aromatic carbocycles. The van der Waals surface area contributed by atoms with Gasteiger partial charge in [-0.1, -0.05) is 13.0 Å². The molecule has 2 aliphatic rings. The summed E-state index contributed by atoms with van der Waals surface area (Å²) >= 11 is 0. The standard InChI is InChI=1S/C13H23BO2/c1-10-7-6-8-11(9-10)14-15-12(2,3)13(4,5)16-14/h9-10H,6-8H2,1-5H3/t10-/m0/s1. The van der Waals surface area contributed by atoms with Crippen molar-refractivity contribution in [3.8, 4) is 0 Å². The van der Waals surface area contributed by atoms with Crippen molar-refractivity contribution >= 4 is 7.12 Å². The first-order valence-electron chi connectivity index (χ1n) is 6.38. The van der Waals surface area contributed by atoms with Crippen LogP contribution in [0.4, 0.5) is 0 Å². The number of rotatable bonds is 1. The number of allylic oxidation sites excluding steroid dienone is 2. The van der Waals surface area contributed by atoms with Crippen molar-refractivity contribution in [1.82, 2.24) is 0 Å². The summed E-state index contributed by atoms with van der Waals surface area (Å²) in [5, 5.41) is 0. The van der Waals surface area contributed by atoms with Crippen LogP contribution in [0.25, 0.3) is 0 Å². The molecule has 0 radical (unpaired) electrons. The molecule has 0 saturated carbocycles. The molecule has 0 aromatic rings. The highest BCUT2D eigenvalue weighted by Crippen LogP contribution is 2.40. The van der Waals surface area contributed by atoms with Gasteiger partial charge in [-0.3, -0.25) is 0 Å². The van der Waals surface area contributed by atoms with E-state index in [-0.39, 0.29) is 18.3 Å². The highest BCUT2D eigenvalue weighted by Gasteiger charge is 2.52. The van der Waals surface area contributed by atoms with Gasteiger partial charge in [0.25, 0.3) is 0 Å². The van der Waals surface area contributed by atoms with Gasteiger partial charge in [-0.15, -0.1) is 0 Å². The Balaban J connectivity index is 2.14. The van der Waals surface area contributed by atoms with Gasteiger partial charge in [0, 0.05) is 0 Å². The van der Waals surface area contributed by atoms with E-state index in [1.807, 2.05) is 0 Å². The quantitative estimate of drug-likeness (QED) is 0.633. The van der Waals surface area contributed by atoms with Crippen molar-refractivity contribution in [3.63, 3.8) is 0 Å². The minimum absolute atomic E-state index is 0.118. The molecule has 1 aliphatic carbocycles. The van der Waals surface area contributed by atoms with E-state index >= 15 is 0 Å². The van der Waals surface area contributed by atoms with Crippen LogP contribution in [0.2, 0.25) is 0 Å². The molecule has 0 spiro atoms. The van der Waals surface area contributed by atoms with E-state index in [0.29, 0.717) is 5.92 Å². The van der Waals surface area contributed by atoms with Crippen LogP contribution in [0, 0.1) is 5.92 Å². The van der Waals surface area contributed by atoms with Gasteiger partial charge in [0.05, 0.1) is 11.2 Å². The molecule has 1 fully saturated rings. The molecule has 90 valence electrons. The maximum atomic E-state index is 6.06. The zero-order valence-corrected chi connectivity index (χ0v) is 11.2. The second-order valence-electron chi connectivity index (χ2n) is 6.20. The van der Waals surface area contributed by atoms with Crippen molar-refractivity contribution in [3.05, 3.63) is 11.5 Å². The third-order valence-corrected chi connectivity index (χ3v) is 4.18. The molecule has 0 bridgehead atoms. The molecule has 16 heavy (non-hydrogen) atoms. The lowest BCUT2D eigenvalue weighted by molar-refractivity contribution is 0.00578. The molecule has 1 atom stereocenters. The average molecular weight is 222 g/mol. The van der Waals surface area contributed by atoms with E-state index in [4.69, 9.17) is 9.31 Å². The first-order chi connectivity index (χ1) is 7.32. The fourth-order valence-electron chi connectivity index (χ4n) is 2.35. The Labute approximate surface area is 99.5 Å². The predicted octanol–water partition coefficient (Wildman–Crippen LogP) is 3.36. The van der Waals surface area contributed by atoms with Crippen LogP contribution in [0.3, 0.4) is 0 Å². The maximum Gasteiger partial charge on any atom is 0.490 e. The Kier molecular flexibility index (Phi) is 2.96. The summed E-state index contributed by atoms with van der Waals surface area (Å²) in [4.78, 5) is 0. The average Bonchev–Trinajstić information content (AvgIpc) is 2.36. The SMILES string of the molecule is C[C@@H]1C=C(B2OC(C)(C)C(C)(C)O2)CCC1. The third kappa shape index (κ3) is 2.08. The number of hydrogen-bond acceptors (Lipinski definition) is 2. The predicted molar refractivity (Wildman–Crippen MR) is 67.2 cm³/mol. The monoisotopic (exact) mass is 222 g/mol. The molecular formula is C13H23BO2. The van der Waals surface area contributed by atoms with E-state index in [0.717, 1.165) is 6.42 Å². The van der Waals surface area contributed by atoms with Crippen LogP contribution in [-0.4, -0.2) is 18.3 Å². The van der Waals surface area contributed by atoms with E-state index in [1.54, 1.807) is 0 Å². The Hall–Kier alpha value is -0.275. The van der Waals surface area contributed by atoms with Gasteiger partial charge in [-0.25, -0.2) is 0 Å². The van der Waals surface area contributed by atoms with Gasteiger partial charge >= 0.3 is 7.12 Å². The van der Waals surface area contributed by atoms with Crippen molar-refractivity contribution < 1.29 is 9.31 Å². The normalized spacial score (nSPS) is 32.7. The van der Waals surface area contributed by atoms with E-state index in [1.165, 1.54) is 18.3 Å². The third-order valence-electron chi connectivity index (χ3n) is 4.18. The molecule has 1 saturated heterocycles. The first kappa shape index (κ1) is 12.2. The van der Waals surface area contributed by atoms with Gasteiger partial charge < -0.3 is 9.31 Å². The van der Waals surface area contributed by atoms with Gasteiger partial charge in [-0.2, -0.15) is 0 Å². The van der Waals surface area contributed by atoms with Crippen LogP contribution in [0.15, 0.2) is 11.5 Å². The van der Waals surface area contributed by atoms with Crippen molar-refractivity contribution in [1.29, 1.82) is 0 Å². The van der Waals surface area contributed by atoms with Crippen LogP contribution in [-0.2, 0) is 9.31 Å². The molecule has 2 rings (SSSR count). The molecule has 0 aromatic heterocycles. The molecule has 1 heterocycles. The molecule has 2 nitrogen and oxygen atoms in total. The minimum Gasteiger partial charge on any atom is -0.400 e. The fraction of sp³-hybridized carbons (Fsp3) is 0.846. The lowest BCUT2D eigenvalue weighted by Gasteiger charge is -2.32. The highest BCUT2D eigenvalue weighted by molar-refractivity contribution is 6.54. The van der Waals surface area contributed by atoms with Gasteiger partial charge in [0.2, 0.25) is 0 Å². The summed E-state index contributed by atoms with van der Waals surface area (Å²) in [5.41, 5.74) is 0.927. The Morgan fingerprint density at radius 3 is 2.25 bits per heavy atom. The van der Waals surface area contributed by atoms with Crippen LogP contribution >= 0.6 is 0 Å². The maximum absolute atomic E-state index is 6.06. The zero-order chi connectivity index (χ0) is 12.0. The van der Waals surface area contributed by atoms with Gasteiger partial charge in [-0.05, 0) is 58.3 Å². The minimum atomic E-state index is -0.209. The van der Waals surface area contributed by atoms with Crippen LogP contribution < -0.4 is 0 Å². The van der Waals surface area contributed by atoms with Gasteiger partial charge in [0.1, 0.15) is 0 Å². The molecule has 0 amide bonds. The summed E-state index contributed by atoms with van der Waals surface area (Å²) in [6.07, 6.45) is 6.02. The Bertz CT molecular complexity index is 291. The molecule has 0 N–H and O–H groups in total. The van der Waals surface area contributed by atoms with E-state index < -0.39 is 0 Å². The summed E-state index contributed by atoms with van der Waals surface area (Å²) in [7, 11) is -0.118. The number of hydrogen-bond donors (Lipinski definition) is 0. The Morgan fingerprint density at radius 1 is 1.19 bits per heavy atom. The second-order valence-corrected chi connectivity index (χ2v) is 6.20. The van der Waals surface area contributed by atoms with Crippen LogP contribution in [0.1, 0.15) is 53.9 Å². The van der Waals surface area contributed by atoms with Crippen molar-refractivity contribution in [2.45, 2.75) is 65.1 Å². The lowest BCUT2D eigenvalue weighted by atomic mass is 9.71. The Morgan fingerprint density at radius 2 is 1.75 bits per heavy atom. The second kappa shape index (κ2) is 3.88. The van der Waals surface area contributed by atoms with Crippen molar-refractivity contribution in [2.24, 2.45) is 5.92 Å². The van der Waals surface area contributed by atoms with Gasteiger partial charge in [0.15, 0.2) is 0 Å². The smallest absolute Gasteiger partial charge is 0.400 e. The zero-order valence-electron chi connectivity index (χ0n) is 11.2. The van der Waals surface area contributed by atoms with E-state index in [9.17, 15) is 0 Å². The fourth-order valence-corrected chi connectivity index (χ4v) is 2.35. The molecule has 0 unspecified atom stereocenters. The molecule has 3 heteroatoms. The summed E-state index contributed by atoms with van der Waals surface area (Å²) in [5.74, 6) is 0.669. The van der Waals surface area contributed by atoms with E-state index in [2.05, 4.69) is 40.7 Å². The molecule has 1 aliphatic heterocycles. The topological polar surface area (TPSA) is 18.5 Å². The summed E-state index contributed by atoms with van der Waals surface area (Å²) < 4.78 is 12.1. The summed E-state index contributed by atoms with van der Waals surface area (Å²) in [6.45, 7) is 10.7.